The molecule has 1 aliphatic carbocycles. The molecule has 0 saturated heterocycles. The van der Waals surface area contributed by atoms with Crippen LogP contribution in [0.5, 0.6) is 5.75 Å². The van der Waals surface area contributed by atoms with Crippen LogP contribution in [0.25, 0.3) is 0 Å². The predicted octanol–water partition coefficient (Wildman–Crippen LogP) is 2.92. The van der Waals surface area contributed by atoms with E-state index in [1.165, 1.54) is 19.6 Å². The fourth-order valence-corrected chi connectivity index (χ4v) is 3.12. The van der Waals surface area contributed by atoms with E-state index >= 15 is 0 Å². The SMILES string of the molecule is COc1ccc(NC2(CN)CCCCC2C)c([N+](=O)[O-])c1. The molecule has 2 rings (SSSR count). The van der Waals surface area contributed by atoms with E-state index < -0.39 is 0 Å². The van der Waals surface area contributed by atoms with E-state index in [2.05, 4.69) is 12.2 Å². The van der Waals surface area contributed by atoms with Gasteiger partial charge in [0.15, 0.2) is 0 Å². The first-order chi connectivity index (χ1) is 10.0. The maximum absolute atomic E-state index is 11.3. The van der Waals surface area contributed by atoms with E-state index in [0.717, 1.165) is 19.3 Å². The monoisotopic (exact) mass is 293 g/mol. The molecule has 0 amide bonds. The molecule has 0 heterocycles. The van der Waals surface area contributed by atoms with E-state index in [-0.39, 0.29) is 16.1 Å². The van der Waals surface area contributed by atoms with Crippen molar-refractivity contribution >= 4 is 11.4 Å². The molecule has 3 N–H and O–H groups in total. The molecule has 116 valence electrons. The lowest BCUT2D eigenvalue weighted by atomic mass is 9.73. The normalized spacial score (nSPS) is 25.4. The number of nitrogens with zero attached hydrogens (tertiary/aromatic N) is 1. The summed E-state index contributed by atoms with van der Waals surface area (Å²) in [6.07, 6.45) is 4.32. The van der Waals surface area contributed by atoms with E-state index in [1.807, 2.05) is 0 Å². The van der Waals surface area contributed by atoms with Gasteiger partial charge in [-0.25, -0.2) is 0 Å². The van der Waals surface area contributed by atoms with Gasteiger partial charge < -0.3 is 15.8 Å². The predicted molar refractivity (Wildman–Crippen MR) is 82.7 cm³/mol. The lowest BCUT2D eigenvalue weighted by Crippen LogP contribution is -2.52. The van der Waals surface area contributed by atoms with Gasteiger partial charge in [-0.15, -0.1) is 0 Å². The van der Waals surface area contributed by atoms with Gasteiger partial charge in [0.2, 0.25) is 0 Å². The maximum Gasteiger partial charge on any atom is 0.296 e. The van der Waals surface area contributed by atoms with Crippen molar-refractivity contribution < 1.29 is 9.66 Å². The molecule has 0 aromatic heterocycles. The van der Waals surface area contributed by atoms with E-state index in [4.69, 9.17) is 10.5 Å². The number of benzene rings is 1. The zero-order chi connectivity index (χ0) is 15.5. The number of ether oxygens (including phenoxy) is 1. The first kappa shape index (κ1) is 15.6. The largest absolute Gasteiger partial charge is 0.496 e. The van der Waals surface area contributed by atoms with Gasteiger partial charge in [0, 0.05) is 6.54 Å². The van der Waals surface area contributed by atoms with Crippen molar-refractivity contribution in [2.45, 2.75) is 38.1 Å². The quantitative estimate of drug-likeness (QED) is 0.643. The fraction of sp³-hybridized carbons (Fsp3) is 0.600. The molecule has 0 radical (unpaired) electrons. The standard InChI is InChI=1S/C15H23N3O3/c1-11-5-3-4-8-15(11,10-16)17-13-7-6-12(21-2)9-14(13)18(19)20/h6-7,9,11,17H,3-5,8,10,16H2,1-2H3. The summed E-state index contributed by atoms with van der Waals surface area (Å²) in [6.45, 7) is 2.63. The first-order valence-electron chi connectivity index (χ1n) is 7.33. The summed E-state index contributed by atoms with van der Waals surface area (Å²) in [7, 11) is 1.50. The van der Waals surface area contributed by atoms with Crippen LogP contribution in [0.15, 0.2) is 18.2 Å². The second-order valence-electron chi connectivity index (χ2n) is 5.77. The van der Waals surface area contributed by atoms with Crippen LogP contribution < -0.4 is 15.8 Å². The highest BCUT2D eigenvalue weighted by Gasteiger charge is 2.38. The summed E-state index contributed by atoms with van der Waals surface area (Å²) in [5.74, 6) is 0.865. The number of nitrogens with one attached hydrogen (secondary N) is 1. The molecule has 2 unspecified atom stereocenters. The molecule has 6 heteroatoms. The molecule has 0 aliphatic heterocycles. The first-order valence-corrected chi connectivity index (χ1v) is 7.33. The van der Waals surface area contributed by atoms with Crippen LogP contribution in [-0.2, 0) is 0 Å². The Morgan fingerprint density at radius 1 is 1.52 bits per heavy atom. The van der Waals surface area contributed by atoms with Crippen molar-refractivity contribution in [3.05, 3.63) is 28.3 Å². The third-order valence-electron chi connectivity index (χ3n) is 4.60. The molecular weight excluding hydrogens is 270 g/mol. The molecular formula is C15H23N3O3. The van der Waals surface area contributed by atoms with E-state index in [9.17, 15) is 10.1 Å². The highest BCUT2D eigenvalue weighted by Crippen LogP contribution is 2.39. The lowest BCUT2D eigenvalue weighted by molar-refractivity contribution is -0.384. The third kappa shape index (κ3) is 3.10. The van der Waals surface area contributed by atoms with Gasteiger partial charge in [0.1, 0.15) is 11.4 Å². The van der Waals surface area contributed by atoms with Gasteiger partial charge in [-0.2, -0.15) is 0 Å². The van der Waals surface area contributed by atoms with Crippen LogP contribution >= 0.6 is 0 Å². The van der Waals surface area contributed by atoms with Crippen molar-refractivity contribution in [3.8, 4) is 5.75 Å². The Kier molecular flexibility index (Phi) is 4.67. The van der Waals surface area contributed by atoms with E-state index in [0.29, 0.717) is 23.9 Å². The van der Waals surface area contributed by atoms with Crippen molar-refractivity contribution in [2.24, 2.45) is 11.7 Å². The molecule has 21 heavy (non-hydrogen) atoms. The molecule has 1 aromatic rings. The van der Waals surface area contributed by atoms with Crippen LogP contribution in [0.1, 0.15) is 32.6 Å². The summed E-state index contributed by atoms with van der Waals surface area (Å²) in [5.41, 5.74) is 6.28. The Labute approximate surface area is 124 Å². The van der Waals surface area contributed by atoms with Crippen LogP contribution in [0.3, 0.4) is 0 Å². The summed E-state index contributed by atoms with van der Waals surface area (Å²) in [6, 6.07) is 4.88. The lowest BCUT2D eigenvalue weighted by Gasteiger charge is -2.43. The minimum absolute atomic E-state index is 0.0277. The Morgan fingerprint density at radius 3 is 2.86 bits per heavy atom. The minimum atomic E-state index is -0.386. The zero-order valence-electron chi connectivity index (χ0n) is 12.6. The topological polar surface area (TPSA) is 90.4 Å². The van der Waals surface area contributed by atoms with Crippen LogP contribution in [0.2, 0.25) is 0 Å². The summed E-state index contributed by atoms with van der Waals surface area (Å²) in [5, 5.41) is 14.7. The Bertz CT molecular complexity index is 521. The Morgan fingerprint density at radius 2 is 2.29 bits per heavy atom. The molecule has 0 bridgehead atoms. The molecule has 1 aromatic carbocycles. The van der Waals surface area contributed by atoms with Gasteiger partial charge in [-0.05, 0) is 30.9 Å². The Balaban J connectivity index is 2.35. The van der Waals surface area contributed by atoms with Gasteiger partial charge in [0.25, 0.3) is 5.69 Å². The number of hydrogen-bond donors (Lipinski definition) is 2. The van der Waals surface area contributed by atoms with Crippen LogP contribution in [-0.4, -0.2) is 24.1 Å². The summed E-state index contributed by atoms with van der Waals surface area (Å²) in [4.78, 5) is 10.9. The second kappa shape index (κ2) is 6.30. The third-order valence-corrected chi connectivity index (χ3v) is 4.60. The molecule has 1 aliphatic rings. The number of anilines is 1. The smallest absolute Gasteiger partial charge is 0.296 e. The average molecular weight is 293 g/mol. The van der Waals surface area contributed by atoms with Gasteiger partial charge in [-0.3, -0.25) is 10.1 Å². The molecule has 6 nitrogen and oxygen atoms in total. The molecule has 1 saturated carbocycles. The highest BCUT2D eigenvalue weighted by atomic mass is 16.6. The number of rotatable bonds is 5. The zero-order valence-corrected chi connectivity index (χ0v) is 12.6. The van der Waals surface area contributed by atoms with Crippen molar-refractivity contribution in [2.75, 3.05) is 19.0 Å². The highest BCUT2D eigenvalue weighted by molar-refractivity contribution is 5.65. The maximum atomic E-state index is 11.3. The number of nitrogens with two attached hydrogens (primary N) is 1. The summed E-state index contributed by atoms with van der Waals surface area (Å²) < 4.78 is 5.07. The number of hydrogen-bond acceptors (Lipinski definition) is 5. The summed E-state index contributed by atoms with van der Waals surface area (Å²) >= 11 is 0. The van der Waals surface area contributed by atoms with Crippen molar-refractivity contribution in [3.63, 3.8) is 0 Å². The number of nitro groups is 1. The van der Waals surface area contributed by atoms with E-state index in [1.54, 1.807) is 12.1 Å². The van der Waals surface area contributed by atoms with Crippen molar-refractivity contribution in [1.82, 2.24) is 0 Å². The van der Waals surface area contributed by atoms with Crippen molar-refractivity contribution in [1.29, 1.82) is 0 Å². The van der Waals surface area contributed by atoms with Gasteiger partial charge in [-0.1, -0.05) is 19.8 Å². The average Bonchev–Trinajstić information content (AvgIpc) is 2.49. The Hall–Kier alpha value is -1.82. The van der Waals surface area contributed by atoms with Gasteiger partial charge >= 0.3 is 0 Å². The number of nitro benzene ring substituents is 1. The second-order valence-corrected chi connectivity index (χ2v) is 5.77. The minimum Gasteiger partial charge on any atom is -0.496 e. The molecule has 1 fully saturated rings. The van der Waals surface area contributed by atoms with Crippen LogP contribution in [0, 0.1) is 16.0 Å². The molecule has 0 spiro atoms. The van der Waals surface area contributed by atoms with Crippen LogP contribution in [0.4, 0.5) is 11.4 Å². The fourth-order valence-electron chi connectivity index (χ4n) is 3.12. The number of methoxy groups -OCH3 is 1. The van der Waals surface area contributed by atoms with Gasteiger partial charge in [0.05, 0.1) is 23.6 Å². The molecule has 2 atom stereocenters.